The number of hydrogen-bond donors (Lipinski definition) is 4. The van der Waals surface area contributed by atoms with Crippen molar-refractivity contribution in [3.8, 4) is 0 Å². The smallest absolute Gasteiger partial charge is 0.0924 e. The summed E-state index contributed by atoms with van der Waals surface area (Å²) in [6.45, 7) is 1.38. The van der Waals surface area contributed by atoms with E-state index in [9.17, 15) is 5.11 Å². The van der Waals surface area contributed by atoms with Gasteiger partial charge >= 0.3 is 0 Å². The van der Waals surface area contributed by atoms with Crippen LogP contribution < -0.4 is 11.5 Å². The highest BCUT2D eigenvalue weighted by Crippen LogP contribution is 2.05. The average Bonchev–Trinajstić information content (AvgIpc) is 2.24. The third kappa shape index (κ3) is 8.77. The summed E-state index contributed by atoms with van der Waals surface area (Å²) in [4.78, 5) is 0. The minimum Gasteiger partial charge on any atom is -0.396 e. The Morgan fingerprint density at radius 1 is 1.20 bits per heavy atom. The number of unbranched alkanes of at least 4 members (excludes halogenated alkanes) is 2. The standard InChI is InChI=1S/C10H24N2O3/c11-5-7-15-8-10(14)9(12)4-2-1-3-6-13/h9-10,13-14H,1-8,11-12H2. The molecule has 5 heteroatoms. The largest absolute Gasteiger partial charge is 0.396 e. The molecular formula is C10H24N2O3. The highest BCUT2D eigenvalue weighted by Gasteiger charge is 2.13. The predicted octanol–water partition coefficient (Wildman–Crippen LogP) is -0.797. The normalized spacial score (nSPS) is 15.2. The zero-order chi connectivity index (χ0) is 11.5. The van der Waals surface area contributed by atoms with Crippen molar-refractivity contribution in [2.24, 2.45) is 11.5 Å². The Morgan fingerprint density at radius 2 is 1.93 bits per heavy atom. The molecular weight excluding hydrogens is 196 g/mol. The van der Waals surface area contributed by atoms with Crippen molar-refractivity contribution in [1.29, 1.82) is 0 Å². The van der Waals surface area contributed by atoms with E-state index in [1.165, 1.54) is 0 Å². The molecule has 0 spiro atoms. The van der Waals surface area contributed by atoms with Gasteiger partial charge in [0.25, 0.3) is 0 Å². The molecule has 5 nitrogen and oxygen atoms in total. The summed E-state index contributed by atoms with van der Waals surface area (Å²) < 4.78 is 5.10. The summed E-state index contributed by atoms with van der Waals surface area (Å²) in [5, 5.41) is 18.1. The molecule has 0 aromatic heterocycles. The van der Waals surface area contributed by atoms with E-state index in [1.54, 1.807) is 0 Å². The van der Waals surface area contributed by atoms with Gasteiger partial charge in [-0.15, -0.1) is 0 Å². The van der Waals surface area contributed by atoms with E-state index >= 15 is 0 Å². The van der Waals surface area contributed by atoms with Crippen LogP contribution in [0, 0.1) is 0 Å². The SMILES string of the molecule is NCCOCC(O)C(N)CCCCCO. The number of rotatable bonds is 10. The van der Waals surface area contributed by atoms with E-state index in [2.05, 4.69) is 0 Å². The molecule has 0 fully saturated rings. The molecule has 6 N–H and O–H groups in total. The molecule has 0 aliphatic rings. The van der Waals surface area contributed by atoms with Crippen LogP contribution in [0.4, 0.5) is 0 Å². The Hall–Kier alpha value is -0.200. The maximum atomic E-state index is 9.56. The second-order valence-electron chi connectivity index (χ2n) is 3.67. The summed E-state index contributed by atoms with van der Waals surface area (Å²) in [7, 11) is 0. The zero-order valence-electron chi connectivity index (χ0n) is 9.27. The quantitative estimate of drug-likeness (QED) is 0.361. The fraction of sp³-hybridized carbons (Fsp3) is 1.00. The molecule has 0 aromatic carbocycles. The summed E-state index contributed by atoms with van der Waals surface area (Å²) in [6, 6.07) is -0.249. The molecule has 0 saturated carbocycles. The molecule has 0 bridgehead atoms. The third-order valence-corrected chi connectivity index (χ3v) is 2.24. The molecule has 0 rings (SSSR count). The van der Waals surface area contributed by atoms with Gasteiger partial charge in [-0.25, -0.2) is 0 Å². The molecule has 0 aromatic rings. The molecule has 0 amide bonds. The van der Waals surface area contributed by atoms with Crippen LogP contribution in [0.25, 0.3) is 0 Å². The number of ether oxygens (including phenoxy) is 1. The fourth-order valence-electron chi connectivity index (χ4n) is 1.27. The highest BCUT2D eigenvalue weighted by molar-refractivity contribution is 4.71. The molecule has 0 aliphatic carbocycles. The molecule has 0 aliphatic heterocycles. The van der Waals surface area contributed by atoms with Gasteiger partial charge in [-0.2, -0.15) is 0 Å². The number of aliphatic hydroxyl groups excluding tert-OH is 2. The van der Waals surface area contributed by atoms with Crippen LogP contribution in [0.3, 0.4) is 0 Å². The maximum absolute atomic E-state index is 9.56. The molecule has 0 saturated heterocycles. The van der Waals surface area contributed by atoms with E-state index < -0.39 is 6.10 Å². The van der Waals surface area contributed by atoms with Crippen molar-refractivity contribution in [2.45, 2.75) is 37.8 Å². The predicted molar refractivity (Wildman–Crippen MR) is 59.4 cm³/mol. The van der Waals surface area contributed by atoms with Gasteiger partial charge in [-0.05, 0) is 12.8 Å². The van der Waals surface area contributed by atoms with E-state index in [0.717, 1.165) is 25.7 Å². The molecule has 2 atom stereocenters. The number of nitrogens with two attached hydrogens (primary N) is 2. The van der Waals surface area contributed by atoms with Gasteiger partial charge in [-0.1, -0.05) is 12.8 Å². The van der Waals surface area contributed by atoms with Crippen molar-refractivity contribution < 1.29 is 14.9 Å². The molecule has 15 heavy (non-hydrogen) atoms. The summed E-state index contributed by atoms with van der Waals surface area (Å²) in [6.07, 6.45) is 2.81. The van der Waals surface area contributed by atoms with Crippen molar-refractivity contribution in [3.63, 3.8) is 0 Å². The second kappa shape index (κ2) is 10.3. The van der Waals surface area contributed by atoms with Gasteiger partial charge < -0.3 is 26.4 Å². The second-order valence-corrected chi connectivity index (χ2v) is 3.67. The van der Waals surface area contributed by atoms with Crippen molar-refractivity contribution in [1.82, 2.24) is 0 Å². The van der Waals surface area contributed by atoms with Gasteiger partial charge in [0.05, 0.1) is 19.3 Å². The molecule has 92 valence electrons. The number of aliphatic hydroxyl groups is 2. The monoisotopic (exact) mass is 220 g/mol. The summed E-state index contributed by atoms with van der Waals surface area (Å²) in [5.41, 5.74) is 11.0. The van der Waals surface area contributed by atoms with Crippen LogP contribution in [-0.2, 0) is 4.74 Å². The van der Waals surface area contributed by atoms with E-state index in [-0.39, 0.29) is 19.3 Å². The first kappa shape index (κ1) is 14.8. The van der Waals surface area contributed by atoms with Gasteiger partial charge in [0.2, 0.25) is 0 Å². The first-order valence-corrected chi connectivity index (χ1v) is 5.54. The van der Waals surface area contributed by atoms with Crippen molar-refractivity contribution >= 4 is 0 Å². The summed E-state index contributed by atoms with van der Waals surface area (Å²) >= 11 is 0. The van der Waals surface area contributed by atoms with Crippen LogP contribution >= 0.6 is 0 Å². The van der Waals surface area contributed by atoms with E-state index in [1.807, 2.05) is 0 Å². The van der Waals surface area contributed by atoms with Crippen LogP contribution in [0.2, 0.25) is 0 Å². The lowest BCUT2D eigenvalue weighted by atomic mass is 10.0. The third-order valence-electron chi connectivity index (χ3n) is 2.24. The van der Waals surface area contributed by atoms with Gasteiger partial charge in [0, 0.05) is 19.2 Å². The highest BCUT2D eigenvalue weighted by atomic mass is 16.5. The Bertz CT molecular complexity index is 136. The zero-order valence-corrected chi connectivity index (χ0v) is 9.27. The Kier molecular flexibility index (Phi) is 10.2. The van der Waals surface area contributed by atoms with Crippen LogP contribution in [0.15, 0.2) is 0 Å². The van der Waals surface area contributed by atoms with Gasteiger partial charge in [0.1, 0.15) is 0 Å². The Labute approximate surface area is 91.4 Å². The lowest BCUT2D eigenvalue weighted by Crippen LogP contribution is -2.38. The molecule has 0 radical (unpaired) electrons. The van der Waals surface area contributed by atoms with Gasteiger partial charge in [0.15, 0.2) is 0 Å². The van der Waals surface area contributed by atoms with E-state index in [0.29, 0.717) is 13.2 Å². The van der Waals surface area contributed by atoms with Crippen molar-refractivity contribution in [3.05, 3.63) is 0 Å². The average molecular weight is 220 g/mol. The topological polar surface area (TPSA) is 102 Å². The van der Waals surface area contributed by atoms with Crippen LogP contribution in [0.5, 0.6) is 0 Å². The van der Waals surface area contributed by atoms with Crippen molar-refractivity contribution in [2.75, 3.05) is 26.4 Å². The van der Waals surface area contributed by atoms with E-state index in [4.69, 9.17) is 21.3 Å². The first-order chi connectivity index (χ1) is 7.22. The Morgan fingerprint density at radius 3 is 2.53 bits per heavy atom. The number of hydrogen-bond acceptors (Lipinski definition) is 5. The Balaban J connectivity index is 3.38. The lowest BCUT2D eigenvalue weighted by molar-refractivity contribution is 0.0246. The lowest BCUT2D eigenvalue weighted by Gasteiger charge is -2.18. The van der Waals surface area contributed by atoms with Gasteiger partial charge in [-0.3, -0.25) is 0 Å². The minimum absolute atomic E-state index is 0.220. The molecule has 2 unspecified atom stereocenters. The fourth-order valence-corrected chi connectivity index (χ4v) is 1.27. The van der Waals surface area contributed by atoms with Crippen LogP contribution in [0.1, 0.15) is 25.7 Å². The molecule has 0 heterocycles. The first-order valence-electron chi connectivity index (χ1n) is 5.54. The van der Waals surface area contributed by atoms with Crippen LogP contribution in [-0.4, -0.2) is 48.7 Å². The maximum Gasteiger partial charge on any atom is 0.0924 e. The minimum atomic E-state index is -0.620. The summed E-state index contributed by atoms with van der Waals surface area (Å²) in [5.74, 6) is 0.